The highest BCUT2D eigenvalue weighted by Crippen LogP contribution is 2.22. The molecule has 1 unspecified atom stereocenters. The molecule has 5 nitrogen and oxygen atoms in total. The van der Waals surface area contributed by atoms with Gasteiger partial charge >= 0.3 is 0 Å². The van der Waals surface area contributed by atoms with Crippen molar-refractivity contribution in [2.45, 2.75) is 44.8 Å². The van der Waals surface area contributed by atoms with E-state index in [4.69, 9.17) is 9.47 Å². The molecular formula is C15H21NO4. The Balaban J connectivity index is 2.06. The highest BCUT2D eigenvalue weighted by atomic mass is 16.6. The van der Waals surface area contributed by atoms with Crippen LogP contribution in [0.25, 0.3) is 0 Å². The fourth-order valence-electron chi connectivity index (χ4n) is 2.49. The van der Waals surface area contributed by atoms with Crippen LogP contribution in [0.1, 0.15) is 30.6 Å². The van der Waals surface area contributed by atoms with Crippen LogP contribution in [-0.4, -0.2) is 42.2 Å². The fourth-order valence-corrected chi connectivity index (χ4v) is 2.49. The molecule has 0 aromatic heterocycles. The van der Waals surface area contributed by atoms with Crippen molar-refractivity contribution in [1.29, 1.82) is 0 Å². The molecule has 1 saturated heterocycles. The molecule has 2 rings (SSSR count). The largest absolute Gasteiger partial charge is 0.374 e. The van der Waals surface area contributed by atoms with Crippen molar-refractivity contribution in [2.24, 2.45) is 0 Å². The zero-order valence-corrected chi connectivity index (χ0v) is 11.8. The van der Waals surface area contributed by atoms with Crippen LogP contribution in [0.15, 0.2) is 30.3 Å². The molecule has 0 spiro atoms. The third-order valence-electron chi connectivity index (χ3n) is 3.40. The summed E-state index contributed by atoms with van der Waals surface area (Å²) in [6, 6.07) is 8.74. The number of benzene rings is 1. The summed E-state index contributed by atoms with van der Waals surface area (Å²) in [6.07, 6.45) is -1.06. The molecule has 1 aromatic rings. The van der Waals surface area contributed by atoms with Gasteiger partial charge in [0.15, 0.2) is 6.29 Å². The van der Waals surface area contributed by atoms with Crippen LogP contribution in [0, 0.1) is 0 Å². The molecule has 2 N–H and O–H groups in total. The monoisotopic (exact) mass is 279 g/mol. The predicted molar refractivity (Wildman–Crippen MR) is 74.3 cm³/mol. The number of hydrogen-bond acceptors (Lipinski definition) is 4. The molecule has 110 valence electrons. The summed E-state index contributed by atoms with van der Waals surface area (Å²) in [6.45, 7) is 4.27. The van der Waals surface area contributed by atoms with Crippen LogP contribution in [0.2, 0.25) is 0 Å². The molecule has 4 atom stereocenters. The van der Waals surface area contributed by atoms with Crippen molar-refractivity contribution in [3.05, 3.63) is 35.9 Å². The topological polar surface area (TPSA) is 67.8 Å². The van der Waals surface area contributed by atoms with Gasteiger partial charge in [-0.2, -0.15) is 0 Å². The lowest BCUT2D eigenvalue weighted by molar-refractivity contribution is -0.211. The van der Waals surface area contributed by atoms with Crippen molar-refractivity contribution >= 4 is 5.91 Å². The number of ether oxygens (including phenoxy) is 2. The normalized spacial score (nSPS) is 29.9. The van der Waals surface area contributed by atoms with Crippen LogP contribution in [-0.2, 0) is 9.47 Å². The number of carbonyl (C=O) groups excluding carboxylic acids is 1. The predicted octanol–water partition coefficient (Wildman–Crippen LogP) is 1.32. The average molecular weight is 279 g/mol. The van der Waals surface area contributed by atoms with Crippen LogP contribution < -0.4 is 5.32 Å². The number of aliphatic hydroxyl groups is 1. The number of rotatable bonds is 4. The summed E-state index contributed by atoms with van der Waals surface area (Å²) >= 11 is 0. The van der Waals surface area contributed by atoms with Crippen molar-refractivity contribution < 1.29 is 19.4 Å². The molecule has 1 aliphatic heterocycles. The summed E-state index contributed by atoms with van der Waals surface area (Å²) in [7, 11) is 0. The van der Waals surface area contributed by atoms with Crippen molar-refractivity contribution in [2.75, 3.05) is 6.61 Å². The maximum Gasteiger partial charge on any atom is 0.251 e. The fraction of sp³-hybridized carbons (Fsp3) is 0.533. The third kappa shape index (κ3) is 3.56. The number of nitrogens with one attached hydrogen (secondary N) is 1. The van der Waals surface area contributed by atoms with Crippen molar-refractivity contribution in [3.63, 3.8) is 0 Å². The van der Waals surface area contributed by atoms with Crippen molar-refractivity contribution in [1.82, 2.24) is 5.32 Å². The SMILES string of the molecule is CCO[C@@H]1C(NC(=O)c2ccccc2)C[C@@H](O)O[C@@H]1C. The van der Waals surface area contributed by atoms with Gasteiger partial charge in [-0.05, 0) is 26.0 Å². The summed E-state index contributed by atoms with van der Waals surface area (Å²) in [5, 5.41) is 12.6. The minimum Gasteiger partial charge on any atom is -0.374 e. The zero-order valence-electron chi connectivity index (χ0n) is 11.8. The molecule has 5 heteroatoms. The maximum atomic E-state index is 12.2. The molecule has 0 radical (unpaired) electrons. The van der Waals surface area contributed by atoms with E-state index in [0.717, 1.165) is 0 Å². The van der Waals surface area contributed by atoms with Gasteiger partial charge in [0.1, 0.15) is 6.10 Å². The van der Waals surface area contributed by atoms with E-state index in [-0.39, 0.29) is 24.2 Å². The van der Waals surface area contributed by atoms with Crippen LogP contribution in [0.3, 0.4) is 0 Å². The zero-order chi connectivity index (χ0) is 14.5. The first-order chi connectivity index (χ1) is 9.61. The van der Waals surface area contributed by atoms with E-state index in [9.17, 15) is 9.90 Å². The molecule has 0 saturated carbocycles. The first-order valence-electron chi connectivity index (χ1n) is 6.93. The van der Waals surface area contributed by atoms with Gasteiger partial charge in [0.05, 0.1) is 12.1 Å². The van der Waals surface area contributed by atoms with Gasteiger partial charge in [0, 0.05) is 18.6 Å². The molecule has 0 bridgehead atoms. The van der Waals surface area contributed by atoms with Gasteiger partial charge in [0.2, 0.25) is 0 Å². The summed E-state index contributed by atoms with van der Waals surface area (Å²) in [4.78, 5) is 12.2. The van der Waals surface area contributed by atoms with E-state index in [1.54, 1.807) is 12.1 Å². The minimum absolute atomic E-state index is 0.165. The Bertz CT molecular complexity index is 437. The summed E-state index contributed by atoms with van der Waals surface area (Å²) in [5.41, 5.74) is 0.594. The van der Waals surface area contributed by atoms with Gasteiger partial charge in [0.25, 0.3) is 5.91 Å². The van der Waals surface area contributed by atoms with Crippen LogP contribution >= 0.6 is 0 Å². The van der Waals surface area contributed by atoms with Gasteiger partial charge < -0.3 is 19.9 Å². The van der Waals surface area contributed by atoms with Crippen LogP contribution in [0.5, 0.6) is 0 Å². The number of carbonyl (C=O) groups is 1. The Kier molecular flexibility index (Phi) is 5.11. The second kappa shape index (κ2) is 6.83. The van der Waals surface area contributed by atoms with Crippen LogP contribution in [0.4, 0.5) is 0 Å². The second-order valence-corrected chi connectivity index (χ2v) is 4.90. The smallest absolute Gasteiger partial charge is 0.251 e. The lowest BCUT2D eigenvalue weighted by atomic mass is 9.98. The number of hydrogen-bond donors (Lipinski definition) is 2. The summed E-state index contributed by atoms with van der Waals surface area (Å²) in [5.74, 6) is -0.165. The van der Waals surface area contributed by atoms with E-state index in [1.165, 1.54) is 0 Å². The first-order valence-corrected chi connectivity index (χ1v) is 6.93. The Morgan fingerprint density at radius 1 is 1.45 bits per heavy atom. The van der Waals surface area contributed by atoms with Gasteiger partial charge in [-0.1, -0.05) is 18.2 Å². The lowest BCUT2D eigenvalue weighted by Crippen LogP contribution is -2.55. The van der Waals surface area contributed by atoms with E-state index in [0.29, 0.717) is 18.6 Å². The lowest BCUT2D eigenvalue weighted by Gasteiger charge is -2.38. The molecule has 1 amide bonds. The Morgan fingerprint density at radius 3 is 2.80 bits per heavy atom. The van der Waals surface area contributed by atoms with Gasteiger partial charge in [-0.15, -0.1) is 0 Å². The van der Waals surface area contributed by atoms with E-state index in [2.05, 4.69) is 5.32 Å². The summed E-state index contributed by atoms with van der Waals surface area (Å²) < 4.78 is 11.0. The quantitative estimate of drug-likeness (QED) is 0.872. The van der Waals surface area contributed by atoms with E-state index < -0.39 is 6.29 Å². The molecule has 1 heterocycles. The second-order valence-electron chi connectivity index (χ2n) is 4.90. The van der Waals surface area contributed by atoms with E-state index in [1.807, 2.05) is 32.0 Å². The average Bonchev–Trinajstić information content (AvgIpc) is 2.43. The molecule has 1 fully saturated rings. The molecule has 1 aromatic carbocycles. The number of aliphatic hydroxyl groups excluding tert-OH is 1. The molecular weight excluding hydrogens is 258 g/mol. The Hall–Kier alpha value is -1.43. The number of amides is 1. The molecule has 0 aliphatic carbocycles. The highest BCUT2D eigenvalue weighted by Gasteiger charge is 2.37. The van der Waals surface area contributed by atoms with Gasteiger partial charge in [-0.3, -0.25) is 4.79 Å². The highest BCUT2D eigenvalue weighted by molar-refractivity contribution is 5.94. The van der Waals surface area contributed by atoms with E-state index >= 15 is 0 Å². The Labute approximate surface area is 118 Å². The molecule has 1 aliphatic rings. The minimum atomic E-state index is -0.872. The van der Waals surface area contributed by atoms with Crippen molar-refractivity contribution in [3.8, 4) is 0 Å². The third-order valence-corrected chi connectivity index (χ3v) is 3.40. The molecule has 20 heavy (non-hydrogen) atoms. The Morgan fingerprint density at radius 2 is 2.15 bits per heavy atom. The first kappa shape index (κ1) is 15.0. The standard InChI is InChI=1S/C15H21NO4/c1-3-19-14-10(2)20-13(17)9-12(14)16-15(18)11-7-5-4-6-8-11/h4-8,10,12-14,17H,3,9H2,1-2H3,(H,16,18)/t10-,12?,13+,14+/m1/s1. The maximum absolute atomic E-state index is 12.2. The van der Waals surface area contributed by atoms with Gasteiger partial charge in [-0.25, -0.2) is 0 Å².